The highest BCUT2D eigenvalue weighted by Crippen LogP contribution is 2.38. The molecule has 0 aliphatic carbocycles. The van der Waals surface area contributed by atoms with Gasteiger partial charge in [0.1, 0.15) is 0 Å². The molecule has 1 aromatic rings. The quantitative estimate of drug-likeness (QED) is 0.530. The summed E-state index contributed by atoms with van der Waals surface area (Å²) in [6.45, 7) is 13.2. The first-order valence-corrected chi connectivity index (χ1v) is 11.0. The van der Waals surface area contributed by atoms with Crippen molar-refractivity contribution >= 4 is 23.6 Å². The van der Waals surface area contributed by atoms with Gasteiger partial charge in [-0.25, -0.2) is 4.79 Å². The average molecular weight is 435 g/mol. The smallest absolute Gasteiger partial charge is 0.322 e. The van der Waals surface area contributed by atoms with E-state index in [1.165, 1.54) is 0 Å². The summed E-state index contributed by atoms with van der Waals surface area (Å²) in [6, 6.07) is 5.87. The topological polar surface area (TPSA) is 69.6 Å². The Bertz CT molecular complexity index is 826. The summed E-state index contributed by atoms with van der Waals surface area (Å²) in [5.74, 6) is -0.663. The van der Waals surface area contributed by atoms with Crippen LogP contribution in [-0.2, 0) is 16.8 Å². The highest BCUT2D eigenvalue weighted by atomic mass is 35.5. The number of carboxylic acids is 1. The van der Waals surface area contributed by atoms with Crippen molar-refractivity contribution in [3.05, 3.63) is 46.1 Å². The third kappa shape index (κ3) is 6.00. The Kier molecular flexibility index (Phi) is 7.62. The van der Waals surface area contributed by atoms with Crippen molar-refractivity contribution in [2.75, 3.05) is 6.54 Å². The van der Waals surface area contributed by atoms with Crippen molar-refractivity contribution in [2.45, 2.75) is 72.8 Å². The first-order valence-electron chi connectivity index (χ1n) is 10.6. The number of carboxylic acid groups (broad SMARTS) is 1. The molecule has 2 rings (SSSR count). The first-order chi connectivity index (χ1) is 13.8. The Labute approximate surface area is 185 Å². The first kappa shape index (κ1) is 24.3. The van der Waals surface area contributed by atoms with Crippen LogP contribution in [0.15, 0.2) is 30.0 Å². The molecule has 166 valence electrons. The number of aliphatic carboxylic acids is 1. The van der Waals surface area contributed by atoms with E-state index in [0.29, 0.717) is 13.0 Å². The molecule has 0 spiro atoms. The van der Waals surface area contributed by atoms with Crippen LogP contribution in [0.3, 0.4) is 0 Å². The average Bonchev–Trinajstić information content (AvgIpc) is 2.61. The molecule has 1 unspecified atom stereocenters. The zero-order valence-electron chi connectivity index (χ0n) is 19.0. The zero-order valence-corrected chi connectivity index (χ0v) is 19.8. The molecule has 0 fully saturated rings. The van der Waals surface area contributed by atoms with Gasteiger partial charge in [0.2, 0.25) is 0 Å². The SMILES string of the molecule is CC(C)C1=CN(CCCC(=O)O)C(=O)NC1(C)c1ccc(CCC(C)(C)C)c(Cl)c1. The Hall–Kier alpha value is -2.01. The maximum atomic E-state index is 12.8. The summed E-state index contributed by atoms with van der Waals surface area (Å²) in [5.41, 5.74) is 2.71. The number of nitrogens with zero attached hydrogens (tertiary/aromatic N) is 1. The molecule has 6 heteroatoms. The lowest BCUT2D eigenvalue weighted by molar-refractivity contribution is -0.137. The predicted molar refractivity (Wildman–Crippen MR) is 122 cm³/mol. The number of hydrogen-bond acceptors (Lipinski definition) is 2. The largest absolute Gasteiger partial charge is 0.481 e. The number of hydrogen-bond donors (Lipinski definition) is 2. The van der Waals surface area contributed by atoms with Gasteiger partial charge in [-0.2, -0.15) is 0 Å². The fourth-order valence-electron chi connectivity index (χ4n) is 3.82. The van der Waals surface area contributed by atoms with Gasteiger partial charge in [0, 0.05) is 24.2 Å². The van der Waals surface area contributed by atoms with E-state index in [2.05, 4.69) is 52.1 Å². The Morgan fingerprint density at radius 3 is 2.50 bits per heavy atom. The number of urea groups is 1. The van der Waals surface area contributed by atoms with E-state index in [9.17, 15) is 9.59 Å². The maximum absolute atomic E-state index is 12.8. The minimum atomic E-state index is -0.855. The fraction of sp³-hybridized carbons (Fsp3) is 0.583. The van der Waals surface area contributed by atoms with E-state index >= 15 is 0 Å². The van der Waals surface area contributed by atoms with Crippen molar-refractivity contribution < 1.29 is 14.7 Å². The van der Waals surface area contributed by atoms with Gasteiger partial charge in [-0.1, -0.05) is 58.4 Å². The van der Waals surface area contributed by atoms with Crippen LogP contribution in [0.25, 0.3) is 0 Å². The van der Waals surface area contributed by atoms with Crippen LogP contribution in [-0.4, -0.2) is 28.6 Å². The van der Waals surface area contributed by atoms with Crippen LogP contribution in [0.1, 0.15) is 71.9 Å². The lowest BCUT2D eigenvalue weighted by Crippen LogP contribution is -2.54. The van der Waals surface area contributed by atoms with Gasteiger partial charge in [-0.3, -0.25) is 4.79 Å². The van der Waals surface area contributed by atoms with E-state index in [-0.39, 0.29) is 23.8 Å². The molecule has 1 aliphatic rings. The molecule has 0 saturated heterocycles. The van der Waals surface area contributed by atoms with Crippen LogP contribution in [0.2, 0.25) is 5.02 Å². The summed E-state index contributed by atoms with van der Waals surface area (Å²) < 4.78 is 0. The number of carbonyl (C=O) groups is 2. The Morgan fingerprint density at radius 2 is 1.97 bits per heavy atom. The van der Waals surface area contributed by atoms with Crippen LogP contribution in [0.4, 0.5) is 4.79 Å². The van der Waals surface area contributed by atoms with E-state index < -0.39 is 11.5 Å². The molecule has 5 nitrogen and oxygen atoms in total. The second kappa shape index (κ2) is 9.42. The van der Waals surface area contributed by atoms with E-state index in [4.69, 9.17) is 16.7 Å². The highest BCUT2D eigenvalue weighted by Gasteiger charge is 2.39. The second-order valence-corrected chi connectivity index (χ2v) is 10.3. The molecule has 0 radical (unpaired) electrons. The van der Waals surface area contributed by atoms with Gasteiger partial charge in [0.15, 0.2) is 0 Å². The summed E-state index contributed by atoms with van der Waals surface area (Å²) in [7, 11) is 0. The number of carbonyl (C=O) groups excluding carboxylic acids is 1. The minimum absolute atomic E-state index is 0.0392. The van der Waals surface area contributed by atoms with Gasteiger partial charge in [0.25, 0.3) is 0 Å². The number of aryl methyl sites for hydroxylation is 1. The van der Waals surface area contributed by atoms with E-state index in [1.54, 1.807) is 4.90 Å². The van der Waals surface area contributed by atoms with Crippen molar-refractivity contribution in [2.24, 2.45) is 11.3 Å². The normalized spacial score (nSPS) is 19.7. The number of amides is 2. The lowest BCUT2D eigenvalue weighted by atomic mass is 9.78. The number of benzene rings is 1. The molecule has 0 saturated carbocycles. The van der Waals surface area contributed by atoms with Crippen molar-refractivity contribution in [1.29, 1.82) is 0 Å². The van der Waals surface area contributed by atoms with Crippen molar-refractivity contribution in [3.63, 3.8) is 0 Å². The minimum Gasteiger partial charge on any atom is -0.481 e. The monoisotopic (exact) mass is 434 g/mol. The molecule has 2 N–H and O–H groups in total. The van der Waals surface area contributed by atoms with Gasteiger partial charge < -0.3 is 15.3 Å². The summed E-state index contributed by atoms with van der Waals surface area (Å²) >= 11 is 6.63. The molecule has 0 aromatic heterocycles. The van der Waals surface area contributed by atoms with Gasteiger partial charge in [-0.15, -0.1) is 0 Å². The van der Waals surface area contributed by atoms with E-state index in [0.717, 1.165) is 34.6 Å². The highest BCUT2D eigenvalue weighted by molar-refractivity contribution is 6.31. The molecular formula is C24H35ClN2O3. The maximum Gasteiger partial charge on any atom is 0.322 e. The zero-order chi connectivity index (χ0) is 22.7. The Morgan fingerprint density at radius 1 is 1.30 bits per heavy atom. The molecular weight excluding hydrogens is 400 g/mol. The molecule has 0 bridgehead atoms. The summed E-state index contributed by atoms with van der Waals surface area (Å²) in [5, 5.41) is 12.7. The molecule has 2 amide bonds. The number of nitrogens with one attached hydrogen (secondary N) is 1. The summed E-state index contributed by atoms with van der Waals surface area (Å²) in [4.78, 5) is 25.2. The second-order valence-electron chi connectivity index (χ2n) is 9.85. The standard InChI is InChI=1S/C24H35ClN2O3/c1-16(2)19-15-27(13-7-8-21(28)29)22(30)26-24(19,6)18-10-9-17(20(25)14-18)11-12-23(3,4)5/h9-10,14-16H,7-8,11-13H2,1-6H3,(H,26,30)(H,28,29). The van der Waals surface area contributed by atoms with Gasteiger partial charge in [0.05, 0.1) is 5.54 Å². The van der Waals surface area contributed by atoms with Crippen LogP contribution >= 0.6 is 11.6 Å². The molecule has 1 aliphatic heterocycles. The molecule has 1 aromatic carbocycles. The Balaban J connectivity index is 2.31. The third-order valence-corrected chi connectivity index (χ3v) is 6.03. The van der Waals surface area contributed by atoms with Gasteiger partial charge >= 0.3 is 12.0 Å². The number of halogens is 1. The van der Waals surface area contributed by atoms with Crippen LogP contribution in [0, 0.1) is 11.3 Å². The van der Waals surface area contributed by atoms with Gasteiger partial charge in [-0.05, 0) is 60.3 Å². The summed E-state index contributed by atoms with van der Waals surface area (Å²) in [6.07, 6.45) is 4.29. The van der Waals surface area contributed by atoms with Crippen LogP contribution < -0.4 is 5.32 Å². The fourth-order valence-corrected chi connectivity index (χ4v) is 4.09. The predicted octanol–water partition coefficient (Wildman–Crippen LogP) is 5.96. The van der Waals surface area contributed by atoms with Crippen LogP contribution in [0.5, 0.6) is 0 Å². The number of rotatable bonds is 8. The molecule has 30 heavy (non-hydrogen) atoms. The molecule has 1 heterocycles. The van der Waals surface area contributed by atoms with Crippen molar-refractivity contribution in [1.82, 2.24) is 10.2 Å². The lowest BCUT2D eigenvalue weighted by Gasteiger charge is -2.42. The van der Waals surface area contributed by atoms with Crippen molar-refractivity contribution in [3.8, 4) is 0 Å². The molecule has 1 atom stereocenters. The van der Waals surface area contributed by atoms with E-state index in [1.807, 2.05) is 19.2 Å². The third-order valence-electron chi connectivity index (χ3n) is 5.68.